The number of guanidine groups is 3. The molecule has 0 aliphatic carbocycles. The zero-order valence-corrected chi connectivity index (χ0v) is 65.6. The highest BCUT2D eigenvalue weighted by Crippen LogP contribution is 2.37. The molecule has 0 saturated carbocycles. The number of aliphatic imine (C=N–C) groups is 3. The van der Waals surface area contributed by atoms with Gasteiger partial charge in [-0.3, -0.25) is 106 Å². The van der Waals surface area contributed by atoms with Crippen molar-refractivity contribution in [2.75, 3.05) is 26.2 Å². The van der Waals surface area contributed by atoms with Crippen molar-refractivity contribution in [3.8, 4) is 5.75 Å². The monoisotopic (exact) mass is 1670 g/mol. The number of carboxylic acid groups (broad SMARTS) is 4. The summed E-state index contributed by atoms with van der Waals surface area (Å²) >= 11 is 0. The van der Waals surface area contributed by atoms with Gasteiger partial charge in [-0.15, -0.1) is 0 Å². The standard InChI is InChI=1S/C66H110N23O26P/c1-7-31(4)50(88-60(108)41(25-30(2)3)84-55(103)38(13-10-24-77-66(73)74)81-53(101)36(67)11-8-22-75-64(69)70)62(110)83-40(19-21-47(94)95)57(105)87-44(28-48(96)97)59(107)86-43(27-45(68)91)58(106)82-39(18-20-46(92)93)56(104)85-42(26-34-14-16-35(17-15-34)115-116(112,113)114)61(109)89-51(33(6)90)63(111)79-32(5)52(100)80-37(12-9-23-76-65(71)72)54(102)78-29-49(98)99/h14-17,30-33,36-44,50-51,90H,7-13,18-29,67H2,1-6H3,(H2,68,91)(H,78,102)(H,79,111)(H,80,100)(H,81,101)(H,82,106)(H,83,110)(H,84,103)(H,85,104)(H,86,107)(H,87,105)(H,88,108)(H,89,109)(H,92,93)(H,94,95)(H,96,97)(H,98,99)(H4,69,70,75)(H4,71,72,76)(H4,73,74,77)(H2,112,113,114)/t31-,32-,33+,36-,37-,38-,39-,40-,41-,42-,43-,44-,50-,51-/m0/s1. The third-order valence-electron chi connectivity index (χ3n) is 16.7. The predicted octanol–water partition coefficient (Wildman–Crippen LogP) is -9.71. The molecule has 1 aromatic carbocycles. The smallest absolute Gasteiger partial charge is 0.481 e. The number of aliphatic hydroxyl groups excluding tert-OH is 1. The average Bonchev–Trinajstić information content (AvgIpc) is 0.844. The van der Waals surface area contributed by atoms with Crippen LogP contribution in [0.5, 0.6) is 5.75 Å². The quantitative estimate of drug-likeness (QED) is 0.0125. The maximum absolute atomic E-state index is 14.5. The number of rotatable bonds is 56. The average molecular weight is 1670 g/mol. The number of hydrogen-bond acceptors (Lipinski definition) is 24. The number of carbonyl (C=O) groups is 17. The maximum atomic E-state index is 14.5. The second-order valence-corrected chi connectivity index (χ2v) is 28.2. The van der Waals surface area contributed by atoms with Crippen molar-refractivity contribution in [2.45, 2.75) is 216 Å². The van der Waals surface area contributed by atoms with Gasteiger partial charge in [-0.25, -0.2) is 4.57 Å². The first-order chi connectivity index (χ1) is 54.0. The molecule has 49 nitrogen and oxygen atoms in total. The molecule has 0 radical (unpaired) electrons. The van der Waals surface area contributed by atoms with Gasteiger partial charge in [0.2, 0.25) is 76.8 Å². The molecular weight excluding hydrogens is 1560 g/mol. The third kappa shape index (κ3) is 42.1. The molecule has 1 rings (SSSR count). The Morgan fingerprint density at radius 1 is 0.431 bits per heavy atom. The van der Waals surface area contributed by atoms with Crippen molar-refractivity contribution in [1.82, 2.24) is 63.8 Å². The summed E-state index contributed by atoms with van der Waals surface area (Å²) in [4.78, 5) is 259. The fourth-order valence-corrected chi connectivity index (χ4v) is 10.9. The minimum Gasteiger partial charge on any atom is -0.481 e. The normalized spacial score (nSPS) is 14.7. The number of benzene rings is 1. The second kappa shape index (κ2) is 51.6. The summed E-state index contributed by atoms with van der Waals surface area (Å²) in [6.07, 6.45) is -8.35. The number of carbonyl (C=O) groups excluding carboxylic acids is 13. The summed E-state index contributed by atoms with van der Waals surface area (Å²) in [6, 6.07) is -17.1. The zero-order chi connectivity index (χ0) is 88.4. The Balaban J connectivity index is 3.83. The van der Waals surface area contributed by atoms with Crippen LogP contribution in [-0.2, 0) is 92.5 Å². The number of aliphatic hydroxyl groups is 1. The summed E-state index contributed by atoms with van der Waals surface area (Å²) in [7, 11) is -5.15. The molecule has 1 aromatic rings. The Bertz CT molecular complexity index is 3720. The summed E-state index contributed by atoms with van der Waals surface area (Å²) in [5, 5.41) is 76.9. The van der Waals surface area contributed by atoms with Crippen LogP contribution in [0.25, 0.3) is 0 Å². The van der Waals surface area contributed by atoms with Gasteiger partial charge in [0.1, 0.15) is 78.8 Å². The first-order valence-electron chi connectivity index (χ1n) is 36.3. The van der Waals surface area contributed by atoms with E-state index in [1.54, 1.807) is 20.8 Å². The number of phosphoric ester groups is 1. The van der Waals surface area contributed by atoms with Gasteiger partial charge < -0.3 is 140 Å². The molecule has 0 heterocycles. The van der Waals surface area contributed by atoms with Crippen molar-refractivity contribution in [3.63, 3.8) is 0 Å². The number of nitrogens with zero attached hydrogens (tertiary/aromatic N) is 3. The van der Waals surface area contributed by atoms with E-state index < -0.39 is 250 Å². The first kappa shape index (κ1) is 102. The van der Waals surface area contributed by atoms with Crippen molar-refractivity contribution >= 4 is 126 Å². The zero-order valence-electron chi connectivity index (χ0n) is 64.7. The number of nitrogens with two attached hydrogens (primary N) is 8. The molecule has 0 spiro atoms. The number of amides is 13. The topological polar surface area (TPSA) is 848 Å². The van der Waals surface area contributed by atoms with E-state index in [2.05, 4.69) is 78.0 Å². The van der Waals surface area contributed by atoms with Crippen LogP contribution >= 0.6 is 7.82 Å². The molecule has 0 fully saturated rings. The molecule has 0 aromatic heterocycles. The van der Waals surface area contributed by atoms with Gasteiger partial charge in [-0.1, -0.05) is 46.2 Å². The lowest BCUT2D eigenvalue weighted by atomic mass is 9.96. The van der Waals surface area contributed by atoms with Crippen molar-refractivity contribution in [3.05, 3.63) is 29.8 Å². The van der Waals surface area contributed by atoms with E-state index in [0.717, 1.165) is 38.1 Å². The van der Waals surface area contributed by atoms with Gasteiger partial charge in [0.15, 0.2) is 17.9 Å². The highest BCUT2D eigenvalue weighted by molar-refractivity contribution is 7.46. The van der Waals surface area contributed by atoms with Crippen LogP contribution in [-0.4, -0.2) is 259 Å². The van der Waals surface area contributed by atoms with Crippen molar-refractivity contribution < 1.29 is 126 Å². The van der Waals surface area contributed by atoms with Crippen LogP contribution in [0.2, 0.25) is 0 Å². The van der Waals surface area contributed by atoms with E-state index in [1.165, 1.54) is 6.92 Å². The van der Waals surface area contributed by atoms with E-state index in [0.29, 0.717) is 0 Å². The molecule has 0 unspecified atom stereocenters. The Morgan fingerprint density at radius 3 is 1.24 bits per heavy atom. The third-order valence-corrected chi connectivity index (χ3v) is 17.1. The van der Waals surface area contributed by atoms with E-state index in [9.17, 15) is 116 Å². The van der Waals surface area contributed by atoms with Gasteiger partial charge in [0.25, 0.3) is 0 Å². The fourth-order valence-electron chi connectivity index (χ4n) is 10.5. The first-order valence-corrected chi connectivity index (χ1v) is 37.8. The van der Waals surface area contributed by atoms with Crippen LogP contribution in [0.4, 0.5) is 0 Å². The molecule has 50 heteroatoms. The maximum Gasteiger partial charge on any atom is 0.524 e. The molecule has 0 aliphatic rings. The molecule has 14 atom stereocenters. The molecule has 35 N–H and O–H groups in total. The predicted molar refractivity (Wildman–Crippen MR) is 408 cm³/mol. The Morgan fingerprint density at radius 2 is 0.810 bits per heavy atom. The molecule has 650 valence electrons. The van der Waals surface area contributed by atoms with Gasteiger partial charge in [-0.05, 0) is 101 Å². The molecule has 0 saturated heterocycles. The number of primary amides is 1. The number of hydrogen-bond donors (Lipinski definition) is 27. The largest absolute Gasteiger partial charge is 0.524 e. The number of nitrogens with one attached hydrogen (secondary N) is 12. The van der Waals surface area contributed by atoms with Crippen LogP contribution in [0.15, 0.2) is 39.2 Å². The Kier molecular flexibility index (Phi) is 45.3. The lowest BCUT2D eigenvalue weighted by Crippen LogP contribution is -2.62. The lowest BCUT2D eigenvalue weighted by Gasteiger charge is -2.30. The highest BCUT2D eigenvalue weighted by atomic mass is 31.2. The minimum atomic E-state index is -5.15. The Hall–Kier alpha value is -12.1. The fraction of sp³-hybridized carbons (Fsp3) is 0.606. The highest BCUT2D eigenvalue weighted by Gasteiger charge is 2.39. The number of aliphatic carboxylic acids is 4. The van der Waals surface area contributed by atoms with Crippen LogP contribution in [0.1, 0.15) is 137 Å². The van der Waals surface area contributed by atoms with Gasteiger partial charge in [-0.2, -0.15) is 0 Å². The molecular formula is C66H110N23O26P. The second-order valence-electron chi connectivity index (χ2n) is 27.1. The summed E-state index contributed by atoms with van der Waals surface area (Å²) < 4.78 is 16.2. The summed E-state index contributed by atoms with van der Waals surface area (Å²) in [5.74, 6) is -24.7. The number of phosphoric acid groups is 1. The minimum absolute atomic E-state index is 0.0126. The molecule has 13 amide bonds. The van der Waals surface area contributed by atoms with Gasteiger partial charge in [0.05, 0.1) is 25.0 Å². The van der Waals surface area contributed by atoms with E-state index in [-0.39, 0.29) is 100 Å². The van der Waals surface area contributed by atoms with Crippen LogP contribution in [0.3, 0.4) is 0 Å². The lowest BCUT2D eigenvalue weighted by molar-refractivity contribution is -0.142. The van der Waals surface area contributed by atoms with E-state index in [1.807, 2.05) is 5.32 Å². The van der Waals surface area contributed by atoms with E-state index in [4.69, 9.17) is 51.0 Å². The summed E-state index contributed by atoms with van der Waals surface area (Å²) in [6.45, 7) is 7.83. The Labute approximate surface area is 664 Å². The van der Waals surface area contributed by atoms with Gasteiger partial charge in [0, 0.05) is 38.9 Å². The van der Waals surface area contributed by atoms with E-state index >= 15 is 0 Å². The van der Waals surface area contributed by atoms with Gasteiger partial charge >= 0.3 is 31.7 Å². The van der Waals surface area contributed by atoms with Crippen LogP contribution in [0, 0.1) is 11.8 Å². The molecule has 0 aliphatic heterocycles. The summed E-state index contributed by atoms with van der Waals surface area (Å²) in [5.41, 5.74) is 44.0. The van der Waals surface area contributed by atoms with Crippen molar-refractivity contribution in [1.29, 1.82) is 0 Å². The number of carboxylic acids is 4. The van der Waals surface area contributed by atoms with Crippen molar-refractivity contribution in [2.24, 2.45) is 72.7 Å². The van der Waals surface area contributed by atoms with Crippen LogP contribution < -0.4 is 114 Å². The molecule has 116 heavy (non-hydrogen) atoms. The SMILES string of the molecule is CC[C@H](C)[C@H](NC(=O)[C@H](CC(C)C)NC(=O)[C@H](CCCN=C(N)N)NC(=O)[C@@H](N)CCCN=C(N)N)C(=O)N[C@@H](CCC(=O)O)C(=O)N[C@@H](CC(=O)O)C(=O)N[C@@H](CC(N)=O)C(=O)N[C@@H](CCC(=O)O)C(=O)N[C@@H](Cc1ccc(OP(=O)(O)O)cc1)C(=O)N[C@H](C(=O)N[C@@H](C)C(=O)N[C@@H](CCCN=C(N)N)C(=O)NCC(=O)O)[C@@H](C)O. The molecule has 0 bridgehead atoms.